The van der Waals surface area contributed by atoms with Gasteiger partial charge in [-0.3, -0.25) is 4.79 Å². The van der Waals surface area contributed by atoms with Gasteiger partial charge in [-0.2, -0.15) is 4.98 Å². The van der Waals surface area contributed by atoms with Crippen LogP contribution in [0.5, 0.6) is 0 Å². The summed E-state index contributed by atoms with van der Waals surface area (Å²) < 4.78 is 6.09. The molecule has 1 aromatic heterocycles. The van der Waals surface area contributed by atoms with Crippen LogP contribution in [0.3, 0.4) is 0 Å². The lowest BCUT2D eigenvalue weighted by atomic mass is 10.2. The maximum atomic E-state index is 12.1. The summed E-state index contributed by atoms with van der Waals surface area (Å²) in [5, 5.41) is 9.76. The Bertz CT molecular complexity index is 665. The lowest BCUT2D eigenvalue weighted by Gasteiger charge is -2.04. The fourth-order valence-corrected chi connectivity index (χ4v) is 2.60. The zero-order valence-electron chi connectivity index (χ0n) is 11.5. The van der Waals surface area contributed by atoms with Crippen LogP contribution in [0.4, 0.5) is 5.69 Å². The highest BCUT2D eigenvalue weighted by Crippen LogP contribution is 2.22. The Morgan fingerprint density at radius 2 is 2.38 bits per heavy atom. The minimum absolute atomic E-state index is 0.0513. The number of aryl methyl sites for hydroxylation is 1. The first-order chi connectivity index (χ1) is 10.1. The number of hydrogen-bond donors (Lipinski definition) is 2. The lowest BCUT2D eigenvalue weighted by molar-refractivity contribution is 0.101. The van der Waals surface area contributed by atoms with E-state index in [0.29, 0.717) is 11.6 Å². The predicted molar refractivity (Wildman–Crippen MR) is 81.1 cm³/mol. The topological polar surface area (TPSA) is 80.0 Å². The van der Waals surface area contributed by atoms with E-state index in [1.807, 2.05) is 25.1 Å². The van der Waals surface area contributed by atoms with Gasteiger partial charge in [-0.15, -0.1) is 0 Å². The summed E-state index contributed by atoms with van der Waals surface area (Å²) in [6.45, 7) is 2.92. The molecule has 1 aromatic carbocycles. The molecule has 1 unspecified atom stereocenters. The number of nitrogens with zero attached hydrogens (tertiary/aromatic N) is 2. The van der Waals surface area contributed by atoms with Gasteiger partial charge in [0.25, 0.3) is 11.7 Å². The Kier molecular flexibility index (Phi) is 4.03. The number of rotatable bonds is 3. The number of hydrogen-bond acceptors (Lipinski definition) is 5. The molecule has 2 heterocycles. The van der Waals surface area contributed by atoms with Crippen LogP contribution in [-0.4, -0.2) is 22.6 Å². The number of nitrogens with one attached hydrogen (secondary N) is 2. The molecular formula is C14H15BrN4O2. The standard InChI is InChI=1S/C14H15BrN4O2/c1-8-4-5-9(7-10(8)15)17-13(20)12-18-14(21-19-12)11-3-2-6-16-11/h4-5,7,11,16H,2-3,6H2,1H3,(H,17,20). The quantitative estimate of drug-likeness (QED) is 0.889. The van der Waals surface area contributed by atoms with Gasteiger partial charge in [0, 0.05) is 10.2 Å². The van der Waals surface area contributed by atoms with Crippen molar-refractivity contribution in [1.29, 1.82) is 0 Å². The fraction of sp³-hybridized carbons (Fsp3) is 0.357. The second kappa shape index (κ2) is 5.95. The zero-order chi connectivity index (χ0) is 14.8. The Morgan fingerprint density at radius 3 is 3.10 bits per heavy atom. The average Bonchev–Trinajstić information content (AvgIpc) is 3.12. The minimum atomic E-state index is -0.376. The van der Waals surface area contributed by atoms with Crippen LogP contribution in [-0.2, 0) is 0 Å². The highest BCUT2D eigenvalue weighted by atomic mass is 79.9. The molecule has 110 valence electrons. The Labute approximate surface area is 130 Å². The van der Waals surface area contributed by atoms with Gasteiger partial charge in [-0.1, -0.05) is 27.2 Å². The molecular weight excluding hydrogens is 336 g/mol. The molecule has 1 aliphatic rings. The number of carbonyl (C=O) groups is 1. The first-order valence-corrected chi connectivity index (χ1v) is 7.57. The summed E-state index contributed by atoms with van der Waals surface area (Å²) >= 11 is 3.43. The van der Waals surface area contributed by atoms with Crippen LogP contribution in [0.2, 0.25) is 0 Å². The molecule has 1 aliphatic heterocycles. The van der Waals surface area contributed by atoms with E-state index in [9.17, 15) is 4.79 Å². The molecule has 0 saturated carbocycles. The van der Waals surface area contributed by atoms with Crippen molar-refractivity contribution in [3.8, 4) is 0 Å². The third kappa shape index (κ3) is 3.14. The Morgan fingerprint density at radius 1 is 1.52 bits per heavy atom. The second-order valence-corrected chi connectivity index (χ2v) is 5.88. The summed E-state index contributed by atoms with van der Waals surface area (Å²) in [6, 6.07) is 5.65. The zero-order valence-corrected chi connectivity index (χ0v) is 13.1. The van der Waals surface area contributed by atoms with E-state index >= 15 is 0 Å². The van der Waals surface area contributed by atoms with Crippen LogP contribution in [0.1, 0.15) is 41.0 Å². The molecule has 2 N–H and O–H groups in total. The largest absolute Gasteiger partial charge is 0.337 e. The maximum Gasteiger partial charge on any atom is 0.297 e. The van der Waals surface area contributed by atoms with E-state index in [1.54, 1.807) is 0 Å². The van der Waals surface area contributed by atoms with Gasteiger partial charge in [0.15, 0.2) is 0 Å². The van der Waals surface area contributed by atoms with Gasteiger partial charge in [0.05, 0.1) is 6.04 Å². The SMILES string of the molecule is Cc1ccc(NC(=O)c2noc(C3CCCN3)n2)cc1Br. The number of halogens is 1. The average molecular weight is 351 g/mol. The van der Waals surface area contributed by atoms with Gasteiger partial charge in [-0.05, 0) is 44.0 Å². The maximum absolute atomic E-state index is 12.1. The molecule has 3 rings (SSSR count). The number of benzene rings is 1. The number of carbonyl (C=O) groups excluding carboxylic acids is 1. The van der Waals surface area contributed by atoms with Crippen LogP contribution in [0.25, 0.3) is 0 Å². The van der Waals surface area contributed by atoms with Crippen molar-refractivity contribution in [2.75, 3.05) is 11.9 Å². The van der Waals surface area contributed by atoms with Crippen molar-refractivity contribution < 1.29 is 9.32 Å². The van der Waals surface area contributed by atoms with Crippen LogP contribution in [0, 0.1) is 6.92 Å². The van der Waals surface area contributed by atoms with Crippen molar-refractivity contribution in [3.05, 3.63) is 40.0 Å². The third-order valence-electron chi connectivity index (χ3n) is 3.43. The molecule has 2 aromatic rings. The van der Waals surface area contributed by atoms with Gasteiger partial charge < -0.3 is 15.2 Å². The molecule has 1 fully saturated rings. The van der Waals surface area contributed by atoms with Crippen molar-refractivity contribution in [1.82, 2.24) is 15.5 Å². The van der Waals surface area contributed by atoms with Gasteiger partial charge >= 0.3 is 0 Å². The molecule has 0 bridgehead atoms. The second-order valence-electron chi connectivity index (χ2n) is 5.02. The minimum Gasteiger partial charge on any atom is -0.337 e. The first-order valence-electron chi connectivity index (χ1n) is 6.78. The van der Waals surface area contributed by atoms with Crippen molar-refractivity contribution >= 4 is 27.5 Å². The van der Waals surface area contributed by atoms with Gasteiger partial charge in [0.1, 0.15) is 0 Å². The van der Waals surface area contributed by atoms with E-state index in [-0.39, 0.29) is 17.8 Å². The smallest absolute Gasteiger partial charge is 0.297 e. The third-order valence-corrected chi connectivity index (χ3v) is 4.29. The van der Waals surface area contributed by atoms with Crippen LogP contribution < -0.4 is 10.6 Å². The van der Waals surface area contributed by atoms with Crippen LogP contribution >= 0.6 is 15.9 Å². The van der Waals surface area contributed by atoms with E-state index in [2.05, 4.69) is 36.7 Å². The number of aromatic nitrogens is 2. The Balaban J connectivity index is 1.71. The molecule has 0 radical (unpaired) electrons. The fourth-order valence-electron chi connectivity index (χ4n) is 2.22. The van der Waals surface area contributed by atoms with Crippen molar-refractivity contribution in [2.45, 2.75) is 25.8 Å². The van der Waals surface area contributed by atoms with E-state index in [4.69, 9.17) is 4.52 Å². The van der Waals surface area contributed by atoms with Crippen molar-refractivity contribution in [3.63, 3.8) is 0 Å². The van der Waals surface area contributed by atoms with Crippen LogP contribution in [0.15, 0.2) is 27.2 Å². The predicted octanol–water partition coefficient (Wildman–Crippen LogP) is 2.82. The monoisotopic (exact) mass is 350 g/mol. The summed E-state index contributed by atoms with van der Waals surface area (Å²) in [5.74, 6) is 0.150. The Hall–Kier alpha value is -1.73. The van der Waals surface area contributed by atoms with E-state index < -0.39 is 0 Å². The highest BCUT2D eigenvalue weighted by Gasteiger charge is 2.24. The summed E-state index contributed by atoms with van der Waals surface area (Å²) in [4.78, 5) is 16.3. The summed E-state index contributed by atoms with van der Waals surface area (Å²) in [6.07, 6.45) is 2.03. The van der Waals surface area contributed by atoms with E-state index in [0.717, 1.165) is 29.4 Å². The molecule has 0 spiro atoms. The molecule has 7 heteroatoms. The van der Waals surface area contributed by atoms with Crippen molar-refractivity contribution in [2.24, 2.45) is 0 Å². The molecule has 1 amide bonds. The molecule has 21 heavy (non-hydrogen) atoms. The molecule has 1 saturated heterocycles. The van der Waals surface area contributed by atoms with Gasteiger partial charge in [0.2, 0.25) is 5.89 Å². The normalized spacial score (nSPS) is 17.9. The lowest BCUT2D eigenvalue weighted by Crippen LogP contribution is -2.15. The van der Waals surface area contributed by atoms with Gasteiger partial charge in [-0.25, -0.2) is 0 Å². The number of anilines is 1. The summed E-state index contributed by atoms with van der Waals surface area (Å²) in [5.41, 5.74) is 1.78. The summed E-state index contributed by atoms with van der Waals surface area (Å²) in [7, 11) is 0. The molecule has 1 atom stereocenters. The first kappa shape index (κ1) is 14.2. The highest BCUT2D eigenvalue weighted by molar-refractivity contribution is 9.10. The molecule has 6 nitrogen and oxygen atoms in total. The molecule has 0 aliphatic carbocycles. The number of amides is 1. The van der Waals surface area contributed by atoms with E-state index in [1.165, 1.54) is 0 Å².